The topological polar surface area (TPSA) is 103 Å². The number of benzene rings is 1. The van der Waals surface area contributed by atoms with Gasteiger partial charge < -0.3 is 20.3 Å². The molecule has 0 aliphatic carbocycles. The van der Waals surface area contributed by atoms with Crippen molar-refractivity contribution in [3.63, 3.8) is 0 Å². The number of amides is 1. The van der Waals surface area contributed by atoms with E-state index in [-0.39, 0.29) is 30.8 Å². The second-order valence-electron chi connectivity index (χ2n) is 5.03. The third-order valence-electron chi connectivity index (χ3n) is 3.16. The molecule has 3 N–H and O–H groups in total. The van der Waals surface area contributed by atoms with Gasteiger partial charge in [-0.2, -0.15) is 4.98 Å². The highest BCUT2D eigenvalue weighted by Crippen LogP contribution is 2.18. The molecule has 0 saturated heterocycles. The summed E-state index contributed by atoms with van der Waals surface area (Å²) in [6.45, 7) is 2.44. The molecule has 1 aromatic carbocycles. The van der Waals surface area contributed by atoms with E-state index < -0.39 is 6.04 Å². The highest BCUT2D eigenvalue weighted by molar-refractivity contribution is 5.85. The van der Waals surface area contributed by atoms with Gasteiger partial charge in [0.25, 0.3) is 0 Å². The fourth-order valence-electron chi connectivity index (χ4n) is 1.87. The maximum atomic E-state index is 11.7. The lowest BCUT2D eigenvalue weighted by atomic mass is 10.1. The standard InChI is InChI=1S/C15H20N4O3.ClH/c1-10(8-17-14(20)12(16)9-21-2)15-18-13(19-22-15)11-6-4-3-5-7-11;/h3-7,10,12H,8-9,16H2,1-2H3,(H,17,20);1H. The Morgan fingerprint density at radius 2 is 2.09 bits per heavy atom. The molecule has 1 aromatic heterocycles. The summed E-state index contributed by atoms with van der Waals surface area (Å²) >= 11 is 0. The van der Waals surface area contributed by atoms with Gasteiger partial charge in [0.15, 0.2) is 0 Å². The van der Waals surface area contributed by atoms with Crippen molar-refractivity contribution in [3.05, 3.63) is 36.2 Å². The molecule has 0 bridgehead atoms. The predicted molar refractivity (Wildman–Crippen MR) is 88.3 cm³/mol. The van der Waals surface area contributed by atoms with Gasteiger partial charge in [0.2, 0.25) is 17.6 Å². The third-order valence-corrected chi connectivity index (χ3v) is 3.16. The molecular weight excluding hydrogens is 320 g/mol. The van der Waals surface area contributed by atoms with E-state index in [9.17, 15) is 4.79 Å². The van der Waals surface area contributed by atoms with Crippen LogP contribution < -0.4 is 11.1 Å². The molecule has 1 amide bonds. The molecule has 0 aliphatic heterocycles. The van der Waals surface area contributed by atoms with Crippen LogP contribution in [0, 0.1) is 0 Å². The van der Waals surface area contributed by atoms with Crippen LogP contribution in [0.25, 0.3) is 11.4 Å². The summed E-state index contributed by atoms with van der Waals surface area (Å²) in [5.41, 5.74) is 6.53. The Kier molecular flexibility index (Phi) is 7.67. The maximum absolute atomic E-state index is 11.7. The summed E-state index contributed by atoms with van der Waals surface area (Å²) in [5, 5.41) is 6.70. The number of aromatic nitrogens is 2. The van der Waals surface area contributed by atoms with Crippen molar-refractivity contribution in [2.24, 2.45) is 5.73 Å². The number of rotatable bonds is 7. The summed E-state index contributed by atoms with van der Waals surface area (Å²) in [5.74, 6) is 0.629. The molecule has 7 nitrogen and oxygen atoms in total. The van der Waals surface area contributed by atoms with Crippen molar-refractivity contribution >= 4 is 18.3 Å². The second-order valence-corrected chi connectivity index (χ2v) is 5.03. The number of hydrogen-bond donors (Lipinski definition) is 2. The van der Waals surface area contributed by atoms with Gasteiger partial charge in [0, 0.05) is 19.2 Å². The third kappa shape index (κ3) is 5.31. The zero-order valence-electron chi connectivity index (χ0n) is 13.1. The number of halogens is 1. The first-order chi connectivity index (χ1) is 10.6. The first-order valence-electron chi connectivity index (χ1n) is 7.03. The molecule has 0 spiro atoms. The van der Waals surface area contributed by atoms with Crippen molar-refractivity contribution < 1.29 is 14.1 Å². The lowest BCUT2D eigenvalue weighted by Gasteiger charge is -2.13. The molecule has 23 heavy (non-hydrogen) atoms. The molecule has 8 heteroatoms. The van der Waals surface area contributed by atoms with Gasteiger partial charge >= 0.3 is 0 Å². The summed E-state index contributed by atoms with van der Waals surface area (Å²) in [4.78, 5) is 16.1. The highest BCUT2D eigenvalue weighted by atomic mass is 35.5. The van der Waals surface area contributed by atoms with E-state index in [1.807, 2.05) is 37.3 Å². The fourth-order valence-corrected chi connectivity index (χ4v) is 1.87. The van der Waals surface area contributed by atoms with Gasteiger partial charge in [0.1, 0.15) is 6.04 Å². The first kappa shape index (κ1) is 19.1. The van der Waals surface area contributed by atoms with Crippen LogP contribution in [0.4, 0.5) is 0 Å². The second kappa shape index (κ2) is 9.24. The van der Waals surface area contributed by atoms with Crippen molar-refractivity contribution in [1.82, 2.24) is 15.5 Å². The molecule has 0 fully saturated rings. The molecule has 1 heterocycles. The summed E-state index contributed by atoms with van der Waals surface area (Å²) in [6.07, 6.45) is 0. The van der Waals surface area contributed by atoms with Crippen molar-refractivity contribution in [3.8, 4) is 11.4 Å². The lowest BCUT2D eigenvalue weighted by molar-refractivity contribution is -0.123. The first-order valence-corrected chi connectivity index (χ1v) is 7.03. The summed E-state index contributed by atoms with van der Waals surface area (Å²) in [6, 6.07) is 8.87. The van der Waals surface area contributed by atoms with E-state index in [1.54, 1.807) is 0 Å². The lowest BCUT2D eigenvalue weighted by Crippen LogP contribution is -2.44. The number of nitrogens with two attached hydrogens (primary N) is 1. The predicted octanol–water partition coefficient (Wildman–Crippen LogP) is 1.35. The number of carbonyl (C=O) groups excluding carboxylic acids is 1. The minimum absolute atomic E-state index is 0. The molecule has 2 rings (SSSR count). The van der Waals surface area contributed by atoms with Crippen LogP contribution in [0.3, 0.4) is 0 Å². The Morgan fingerprint density at radius 1 is 1.39 bits per heavy atom. The Bertz CT molecular complexity index is 606. The van der Waals surface area contributed by atoms with E-state index in [2.05, 4.69) is 15.5 Å². The van der Waals surface area contributed by atoms with Gasteiger partial charge in [-0.3, -0.25) is 4.79 Å². The molecule has 2 unspecified atom stereocenters. The average molecular weight is 341 g/mol. The Hall–Kier alpha value is -1.96. The normalized spacial score (nSPS) is 13.0. The van der Waals surface area contributed by atoms with Gasteiger partial charge in [-0.25, -0.2) is 0 Å². The molecule has 2 atom stereocenters. The van der Waals surface area contributed by atoms with E-state index in [0.29, 0.717) is 18.3 Å². The SMILES string of the molecule is COCC(N)C(=O)NCC(C)c1nc(-c2ccccc2)no1.Cl. The molecule has 0 saturated carbocycles. The molecule has 2 aromatic rings. The number of ether oxygens (including phenoxy) is 1. The molecule has 0 radical (unpaired) electrons. The van der Waals surface area contributed by atoms with Crippen LogP contribution in [-0.2, 0) is 9.53 Å². The van der Waals surface area contributed by atoms with Crippen molar-refractivity contribution in [2.75, 3.05) is 20.3 Å². The zero-order chi connectivity index (χ0) is 15.9. The van der Waals surface area contributed by atoms with Crippen LogP contribution >= 0.6 is 12.4 Å². The van der Waals surface area contributed by atoms with Crippen LogP contribution in [0.2, 0.25) is 0 Å². The van der Waals surface area contributed by atoms with Crippen LogP contribution in [0.15, 0.2) is 34.9 Å². The number of hydrogen-bond acceptors (Lipinski definition) is 6. The average Bonchev–Trinajstić information content (AvgIpc) is 3.03. The Balaban J connectivity index is 0.00000264. The van der Waals surface area contributed by atoms with E-state index in [0.717, 1.165) is 5.56 Å². The largest absolute Gasteiger partial charge is 0.383 e. The van der Waals surface area contributed by atoms with Crippen molar-refractivity contribution in [1.29, 1.82) is 0 Å². The maximum Gasteiger partial charge on any atom is 0.239 e. The van der Waals surface area contributed by atoms with Crippen molar-refractivity contribution in [2.45, 2.75) is 18.9 Å². The highest BCUT2D eigenvalue weighted by Gasteiger charge is 2.18. The minimum Gasteiger partial charge on any atom is -0.383 e. The molecule has 0 aliphatic rings. The molecule has 126 valence electrons. The van der Waals surface area contributed by atoms with Crippen LogP contribution in [-0.4, -0.2) is 42.4 Å². The van der Waals surface area contributed by atoms with Gasteiger partial charge in [-0.15, -0.1) is 12.4 Å². The van der Waals surface area contributed by atoms with Gasteiger partial charge in [-0.1, -0.05) is 42.4 Å². The fraction of sp³-hybridized carbons (Fsp3) is 0.400. The van der Waals surface area contributed by atoms with E-state index in [4.69, 9.17) is 15.0 Å². The Morgan fingerprint density at radius 3 is 2.74 bits per heavy atom. The van der Waals surface area contributed by atoms with Gasteiger partial charge in [0.05, 0.1) is 12.5 Å². The van der Waals surface area contributed by atoms with E-state index >= 15 is 0 Å². The number of carbonyl (C=O) groups is 1. The number of methoxy groups -OCH3 is 1. The monoisotopic (exact) mass is 340 g/mol. The molecular formula is C15H21ClN4O3. The number of nitrogens with one attached hydrogen (secondary N) is 1. The number of nitrogens with zero attached hydrogens (tertiary/aromatic N) is 2. The summed E-state index contributed by atoms with van der Waals surface area (Å²) in [7, 11) is 1.50. The quantitative estimate of drug-likeness (QED) is 0.788. The van der Waals surface area contributed by atoms with Crippen LogP contribution in [0.1, 0.15) is 18.7 Å². The summed E-state index contributed by atoms with van der Waals surface area (Å²) < 4.78 is 10.1. The van der Waals surface area contributed by atoms with Crippen LogP contribution in [0.5, 0.6) is 0 Å². The zero-order valence-corrected chi connectivity index (χ0v) is 13.9. The van der Waals surface area contributed by atoms with E-state index in [1.165, 1.54) is 7.11 Å². The smallest absolute Gasteiger partial charge is 0.239 e. The minimum atomic E-state index is -0.681. The Labute approximate surface area is 141 Å². The van der Waals surface area contributed by atoms with Gasteiger partial charge in [-0.05, 0) is 0 Å².